The molecule has 3 rings (SSSR count). The van der Waals surface area contributed by atoms with Crippen molar-refractivity contribution in [2.45, 2.75) is 26.8 Å². The van der Waals surface area contributed by atoms with Gasteiger partial charge in [0.15, 0.2) is 0 Å². The second-order valence-corrected chi connectivity index (χ2v) is 7.32. The first-order valence-corrected chi connectivity index (χ1v) is 9.42. The van der Waals surface area contributed by atoms with E-state index in [9.17, 15) is 4.79 Å². The average molecular weight is 352 g/mol. The summed E-state index contributed by atoms with van der Waals surface area (Å²) in [5, 5.41) is 0. The average Bonchev–Trinajstić information content (AvgIpc) is 2.63. The van der Waals surface area contributed by atoms with E-state index in [2.05, 4.69) is 30.9 Å². The molecule has 0 unspecified atom stereocenters. The summed E-state index contributed by atoms with van der Waals surface area (Å²) in [7, 11) is 0. The second-order valence-electron chi connectivity index (χ2n) is 7.32. The Kier molecular flexibility index (Phi) is 6.29. The predicted molar refractivity (Wildman–Crippen MR) is 104 cm³/mol. The largest absolute Gasteiger partial charge is 0.457 e. The van der Waals surface area contributed by atoms with Gasteiger partial charge in [-0.05, 0) is 35.7 Å². The zero-order chi connectivity index (χ0) is 18.4. The second kappa shape index (κ2) is 8.86. The van der Waals surface area contributed by atoms with Crippen molar-refractivity contribution in [2.75, 3.05) is 26.2 Å². The molecule has 0 N–H and O–H groups in total. The van der Waals surface area contributed by atoms with E-state index in [0.717, 1.165) is 44.2 Å². The third-order valence-corrected chi connectivity index (χ3v) is 4.59. The van der Waals surface area contributed by atoms with E-state index in [4.69, 9.17) is 4.74 Å². The molecule has 26 heavy (non-hydrogen) atoms. The molecule has 1 amide bonds. The van der Waals surface area contributed by atoms with E-state index in [0.29, 0.717) is 12.3 Å². The first-order valence-electron chi connectivity index (χ1n) is 9.42. The number of nitrogens with zero attached hydrogens (tertiary/aromatic N) is 2. The summed E-state index contributed by atoms with van der Waals surface area (Å²) in [5.41, 5.74) is 1.24. The normalized spacial score (nSPS) is 15.3. The molecular formula is C22H28N2O2. The Labute approximate surface area is 156 Å². The number of hydrogen-bond donors (Lipinski definition) is 0. The molecule has 2 aromatic carbocycles. The van der Waals surface area contributed by atoms with Gasteiger partial charge in [0, 0.05) is 39.1 Å². The molecule has 1 heterocycles. The minimum atomic E-state index is 0.290. The number of hydrogen-bond acceptors (Lipinski definition) is 3. The van der Waals surface area contributed by atoms with Crippen LogP contribution in [0.2, 0.25) is 0 Å². The molecular weight excluding hydrogens is 324 g/mol. The number of para-hydroxylation sites is 1. The Bertz CT molecular complexity index is 707. The van der Waals surface area contributed by atoms with E-state index in [1.165, 1.54) is 5.56 Å². The molecule has 0 bridgehead atoms. The first-order chi connectivity index (χ1) is 12.6. The van der Waals surface area contributed by atoms with Crippen molar-refractivity contribution in [3.05, 3.63) is 60.2 Å². The number of piperazine rings is 1. The van der Waals surface area contributed by atoms with Gasteiger partial charge in [-0.15, -0.1) is 0 Å². The summed E-state index contributed by atoms with van der Waals surface area (Å²) in [4.78, 5) is 16.6. The highest BCUT2D eigenvalue weighted by atomic mass is 16.5. The number of carbonyl (C=O) groups excluding carboxylic acids is 1. The number of rotatable bonds is 6. The number of ether oxygens (including phenoxy) is 1. The summed E-state index contributed by atoms with van der Waals surface area (Å²) in [6.07, 6.45) is 0.652. The Morgan fingerprint density at radius 3 is 2.35 bits per heavy atom. The van der Waals surface area contributed by atoms with Crippen molar-refractivity contribution < 1.29 is 9.53 Å². The van der Waals surface area contributed by atoms with Gasteiger partial charge in [0.05, 0.1) is 0 Å². The van der Waals surface area contributed by atoms with Gasteiger partial charge in [0.25, 0.3) is 0 Å². The van der Waals surface area contributed by atoms with E-state index in [-0.39, 0.29) is 5.91 Å². The van der Waals surface area contributed by atoms with Crippen LogP contribution in [0.5, 0.6) is 11.5 Å². The van der Waals surface area contributed by atoms with E-state index >= 15 is 0 Å². The van der Waals surface area contributed by atoms with Crippen LogP contribution in [0.3, 0.4) is 0 Å². The van der Waals surface area contributed by atoms with Gasteiger partial charge in [-0.25, -0.2) is 0 Å². The molecule has 0 aliphatic carbocycles. The lowest BCUT2D eigenvalue weighted by Gasteiger charge is -2.35. The summed E-state index contributed by atoms with van der Waals surface area (Å²) in [6.45, 7) is 8.58. The van der Waals surface area contributed by atoms with Gasteiger partial charge in [0.1, 0.15) is 11.5 Å². The highest BCUT2D eigenvalue weighted by molar-refractivity contribution is 5.76. The summed E-state index contributed by atoms with van der Waals surface area (Å²) in [6, 6.07) is 18.1. The Balaban J connectivity index is 1.52. The van der Waals surface area contributed by atoms with E-state index in [1.54, 1.807) is 0 Å². The maximum absolute atomic E-state index is 12.2. The lowest BCUT2D eigenvalue weighted by atomic mass is 10.1. The molecule has 1 fully saturated rings. The van der Waals surface area contributed by atoms with Crippen LogP contribution in [0.15, 0.2) is 54.6 Å². The molecule has 4 nitrogen and oxygen atoms in total. The minimum absolute atomic E-state index is 0.290. The topological polar surface area (TPSA) is 32.8 Å². The van der Waals surface area contributed by atoms with Crippen LogP contribution < -0.4 is 4.74 Å². The maximum atomic E-state index is 12.2. The molecule has 0 aromatic heterocycles. The van der Waals surface area contributed by atoms with Gasteiger partial charge < -0.3 is 9.64 Å². The smallest absolute Gasteiger partial charge is 0.222 e. The lowest BCUT2D eigenvalue weighted by molar-refractivity contribution is -0.133. The van der Waals surface area contributed by atoms with Crippen LogP contribution in [0.1, 0.15) is 25.8 Å². The van der Waals surface area contributed by atoms with Gasteiger partial charge >= 0.3 is 0 Å². The van der Waals surface area contributed by atoms with Gasteiger partial charge in [-0.3, -0.25) is 9.69 Å². The number of benzene rings is 2. The van der Waals surface area contributed by atoms with Crippen molar-refractivity contribution in [3.8, 4) is 11.5 Å². The Morgan fingerprint density at radius 1 is 0.962 bits per heavy atom. The molecule has 1 aliphatic heterocycles. The zero-order valence-electron chi connectivity index (χ0n) is 15.7. The molecule has 0 spiro atoms. The monoisotopic (exact) mass is 352 g/mol. The molecule has 0 radical (unpaired) electrons. The molecule has 2 aromatic rings. The van der Waals surface area contributed by atoms with Crippen LogP contribution in [0.25, 0.3) is 0 Å². The fraction of sp³-hybridized carbons (Fsp3) is 0.409. The predicted octanol–water partition coefficient (Wildman–Crippen LogP) is 4.17. The van der Waals surface area contributed by atoms with E-state index < -0.39 is 0 Å². The zero-order valence-corrected chi connectivity index (χ0v) is 15.7. The summed E-state index contributed by atoms with van der Waals surface area (Å²) >= 11 is 0. The van der Waals surface area contributed by atoms with Crippen LogP contribution in [-0.4, -0.2) is 41.9 Å². The minimum Gasteiger partial charge on any atom is -0.457 e. The highest BCUT2D eigenvalue weighted by Crippen LogP contribution is 2.22. The standard InChI is InChI=1S/C22H28N2O2/c1-18(2)15-22(25)24-13-11-23(12-14-24)17-19-7-6-10-21(16-19)26-20-8-4-3-5-9-20/h3-10,16,18H,11-15,17H2,1-2H3. The van der Waals surface area contributed by atoms with Gasteiger partial charge in [0.2, 0.25) is 5.91 Å². The molecule has 1 aliphatic rings. The Hall–Kier alpha value is -2.33. The molecule has 138 valence electrons. The fourth-order valence-corrected chi connectivity index (χ4v) is 3.22. The third-order valence-electron chi connectivity index (χ3n) is 4.59. The van der Waals surface area contributed by atoms with Crippen molar-refractivity contribution in [2.24, 2.45) is 5.92 Å². The molecule has 1 saturated heterocycles. The van der Waals surface area contributed by atoms with Crippen LogP contribution >= 0.6 is 0 Å². The number of carbonyl (C=O) groups is 1. The van der Waals surface area contributed by atoms with Gasteiger partial charge in [-0.2, -0.15) is 0 Å². The lowest BCUT2D eigenvalue weighted by Crippen LogP contribution is -2.48. The van der Waals surface area contributed by atoms with Crippen molar-refractivity contribution in [1.29, 1.82) is 0 Å². The molecule has 4 heteroatoms. The Morgan fingerprint density at radius 2 is 1.65 bits per heavy atom. The van der Waals surface area contributed by atoms with Crippen LogP contribution in [0, 0.1) is 5.92 Å². The first kappa shape index (κ1) is 18.5. The van der Waals surface area contributed by atoms with Crippen molar-refractivity contribution >= 4 is 5.91 Å². The third kappa shape index (κ3) is 5.33. The summed E-state index contributed by atoms with van der Waals surface area (Å²) < 4.78 is 5.92. The molecule has 0 saturated carbocycles. The number of amides is 1. The summed E-state index contributed by atoms with van der Waals surface area (Å²) in [5.74, 6) is 2.42. The van der Waals surface area contributed by atoms with Crippen molar-refractivity contribution in [3.63, 3.8) is 0 Å². The van der Waals surface area contributed by atoms with Gasteiger partial charge in [-0.1, -0.05) is 44.2 Å². The van der Waals surface area contributed by atoms with E-state index in [1.807, 2.05) is 47.4 Å². The van der Waals surface area contributed by atoms with Crippen LogP contribution in [0.4, 0.5) is 0 Å². The van der Waals surface area contributed by atoms with Crippen LogP contribution in [-0.2, 0) is 11.3 Å². The quantitative estimate of drug-likeness (QED) is 0.782. The van der Waals surface area contributed by atoms with Crippen molar-refractivity contribution in [1.82, 2.24) is 9.80 Å². The fourth-order valence-electron chi connectivity index (χ4n) is 3.22. The highest BCUT2D eigenvalue weighted by Gasteiger charge is 2.21. The molecule has 0 atom stereocenters. The maximum Gasteiger partial charge on any atom is 0.222 e. The SMILES string of the molecule is CC(C)CC(=O)N1CCN(Cc2cccc(Oc3ccccc3)c2)CC1.